The van der Waals surface area contributed by atoms with Gasteiger partial charge in [-0.2, -0.15) is 5.10 Å². The number of morpholine rings is 1. The predicted octanol–water partition coefficient (Wildman–Crippen LogP) is 4.27. The Morgan fingerprint density at radius 1 is 1.15 bits per heavy atom. The quantitative estimate of drug-likeness (QED) is 0.445. The average molecular weight is 482 g/mol. The van der Waals surface area contributed by atoms with Gasteiger partial charge in [0.25, 0.3) is 5.91 Å². The summed E-state index contributed by atoms with van der Waals surface area (Å²) >= 11 is 7.45. The zero-order chi connectivity index (χ0) is 22.8. The number of halogens is 1. The molecule has 1 amide bonds. The number of hydrogen-bond donors (Lipinski definition) is 1. The Morgan fingerprint density at radius 2 is 1.91 bits per heavy atom. The number of nitrogens with zero attached hydrogens (tertiary/aromatic N) is 4. The number of aromatic nitrogens is 3. The molecule has 170 valence electrons. The van der Waals surface area contributed by atoms with Gasteiger partial charge in [0.1, 0.15) is 10.6 Å². The first kappa shape index (κ1) is 21.9. The number of nitrogens with one attached hydrogen (secondary N) is 1. The van der Waals surface area contributed by atoms with Gasteiger partial charge in [0, 0.05) is 36.2 Å². The van der Waals surface area contributed by atoms with Crippen molar-refractivity contribution in [2.75, 3.05) is 31.2 Å². The molecule has 3 aromatic heterocycles. The van der Waals surface area contributed by atoms with Crippen molar-refractivity contribution in [2.45, 2.75) is 20.0 Å². The summed E-state index contributed by atoms with van der Waals surface area (Å²) in [6.07, 6.45) is 1.82. The number of hydrogen-bond acceptors (Lipinski definition) is 6. The lowest BCUT2D eigenvalue weighted by Gasteiger charge is -2.27. The maximum atomic E-state index is 12.8. The summed E-state index contributed by atoms with van der Waals surface area (Å²) in [5.41, 5.74) is 2.99. The van der Waals surface area contributed by atoms with Crippen LogP contribution < -0.4 is 10.2 Å². The predicted molar refractivity (Wildman–Crippen MR) is 131 cm³/mol. The molecule has 1 aliphatic heterocycles. The van der Waals surface area contributed by atoms with Crippen LogP contribution in [0.3, 0.4) is 0 Å². The van der Waals surface area contributed by atoms with Crippen molar-refractivity contribution >= 4 is 44.9 Å². The van der Waals surface area contributed by atoms with Crippen LogP contribution in [0.5, 0.6) is 0 Å². The lowest BCUT2D eigenvalue weighted by molar-refractivity contribution is 0.0955. The van der Waals surface area contributed by atoms with E-state index in [-0.39, 0.29) is 5.91 Å². The van der Waals surface area contributed by atoms with Gasteiger partial charge in [-0.3, -0.25) is 9.48 Å². The fourth-order valence-electron chi connectivity index (χ4n) is 3.86. The second kappa shape index (κ2) is 9.51. The van der Waals surface area contributed by atoms with Gasteiger partial charge in [-0.05, 0) is 42.3 Å². The molecule has 4 heterocycles. The molecule has 4 aromatic rings. The standard InChI is InChI=1S/C24H24ClN5O2S/c1-16-20-12-21(33-24(20)30(28-16)15-17-2-5-19(25)6-3-17)23(31)27-14-18-4-7-22(26-13-18)29-8-10-32-11-9-29/h2-7,12-13H,8-11,14-15H2,1H3,(H,27,31). The fourth-order valence-corrected chi connectivity index (χ4v) is 5.07. The normalized spacial score (nSPS) is 14.1. The topological polar surface area (TPSA) is 72.3 Å². The van der Waals surface area contributed by atoms with Crippen molar-refractivity contribution in [3.63, 3.8) is 0 Å². The van der Waals surface area contributed by atoms with E-state index in [4.69, 9.17) is 16.3 Å². The van der Waals surface area contributed by atoms with Crippen LogP contribution >= 0.6 is 22.9 Å². The number of fused-ring (bicyclic) bond motifs is 1. The third kappa shape index (κ3) is 4.88. The first-order valence-corrected chi connectivity index (χ1v) is 12.0. The Labute approximate surface area is 200 Å². The largest absolute Gasteiger partial charge is 0.378 e. The number of aryl methyl sites for hydroxylation is 1. The number of benzene rings is 1. The van der Waals surface area contributed by atoms with E-state index in [2.05, 4.69) is 20.3 Å². The minimum atomic E-state index is -0.0918. The van der Waals surface area contributed by atoms with E-state index in [0.29, 0.717) is 23.0 Å². The van der Waals surface area contributed by atoms with Crippen molar-refractivity contribution in [2.24, 2.45) is 0 Å². The van der Waals surface area contributed by atoms with E-state index in [1.165, 1.54) is 11.3 Å². The van der Waals surface area contributed by atoms with Crippen LogP contribution in [0, 0.1) is 6.92 Å². The number of carbonyl (C=O) groups excluding carboxylic acids is 1. The average Bonchev–Trinajstić information content (AvgIpc) is 3.41. The third-order valence-electron chi connectivity index (χ3n) is 5.67. The monoisotopic (exact) mass is 481 g/mol. The smallest absolute Gasteiger partial charge is 0.261 e. The highest BCUT2D eigenvalue weighted by atomic mass is 35.5. The molecule has 9 heteroatoms. The molecule has 33 heavy (non-hydrogen) atoms. The summed E-state index contributed by atoms with van der Waals surface area (Å²) in [5, 5.41) is 9.38. The van der Waals surface area contributed by atoms with Crippen molar-refractivity contribution in [3.05, 3.63) is 75.4 Å². The molecular weight excluding hydrogens is 458 g/mol. The van der Waals surface area contributed by atoms with E-state index >= 15 is 0 Å². The molecule has 0 saturated carbocycles. The maximum Gasteiger partial charge on any atom is 0.261 e. The molecule has 1 N–H and O–H groups in total. The number of thiophene rings is 1. The number of pyridine rings is 1. The molecule has 1 saturated heterocycles. The number of carbonyl (C=O) groups is 1. The molecular formula is C24H24ClN5O2S. The van der Waals surface area contributed by atoms with Crippen molar-refractivity contribution in [3.8, 4) is 0 Å². The summed E-state index contributed by atoms with van der Waals surface area (Å²) in [6, 6.07) is 13.7. The molecule has 0 radical (unpaired) electrons. The summed E-state index contributed by atoms with van der Waals surface area (Å²) in [4.78, 5) is 21.3. The Bertz CT molecular complexity index is 1260. The van der Waals surface area contributed by atoms with Gasteiger partial charge < -0.3 is 15.0 Å². The third-order valence-corrected chi connectivity index (χ3v) is 7.07. The first-order chi connectivity index (χ1) is 16.1. The number of rotatable bonds is 6. The summed E-state index contributed by atoms with van der Waals surface area (Å²) in [7, 11) is 0. The molecule has 0 unspecified atom stereocenters. The van der Waals surface area contributed by atoms with Gasteiger partial charge in [0.15, 0.2) is 0 Å². The van der Waals surface area contributed by atoms with Gasteiger partial charge in [0.05, 0.1) is 30.3 Å². The molecule has 0 bridgehead atoms. The van der Waals surface area contributed by atoms with E-state index in [9.17, 15) is 4.79 Å². The van der Waals surface area contributed by atoms with Gasteiger partial charge in [0.2, 0.25) is 0 Å². The zero-order valence-electron chi connectivity index (χ0n) is 18.3. The van der Waals surface area contributed by atoms with Gasteiger partial charge >= 0.3 is 0 Å². The number of amides is 1. The Balaban J connectivity index is 1.25. The molecule has 1 fully saturated rings. The molecule has 7 nitrogen and oxygen atoms in total. The van der Waals surface area contributed by atoms with Crippen LogP contribution in [0.15, 0.2) is 48.7 Å². The highest BCUT2D eigenvalue weighted by Gasteiger charge is 2.17. The second-order valence-electron chi connectivity index (χ2n) is 8.01. The fraction of sp³-hybridized carbons (Fsp3) is 0.292. The Hall–Kier alpha value is -2.94. The summed E-state index contributed by atoms with van der Waals surface area (Å²) in [6.45, 7) is 6.19. The van der Waals surface area contributed by atoms with Gasteiger partial charge in [-0.25, -0.2) is 4.98 Å². The lowest BCUT2D eigenvalue weighted by atomic mass is 10.2. The van der Waals surface area contributed by atoms with Gasteiger partial charge in [-0.1, -0.05) is 29.8 Å². The van der Waals surface area contributed by atoms with Crippen molar-refractivity contribution in [1.29, 1.82) is 0 Å². The van der Waals surface area contributed by atoms with E-state index in [0.717, 1.165) is 59.2 Å². The van der Waals surface area contributed by atoms with Crippen LogP contribution in [0.2, 0.25) is 5.02 Å². The van der Waals surface area contributed by atoms with Crippen LogP contribution in [0.25, 0.3) is 10.2 Å². The van der Waals surface area contributed by atoms with Crippen LogP contribution in [0.1, 0.15) is 26.5 Å². The highest BCUT2D eigenvalue weighted by Crippen LogP contribution is 2.29. The molecule has 1 aromatic carbocycles. The molecule has 1 aliphatic rings. The van der Waals surface area contributed by atoms with Crippen molar-refractivity contribution in [1.82, 2.24) is 20.1 Å². The maximum absolute atomic E-state index is 12.8. The first-order valence-electron chi connectivity index (χ1n) is 10.8. The Kier molecular flexibility index (Phi) is 6.30. The molecule has 0 spiro atoms. The molecule has 0 aliphatic carbocycles. The van der Waals surface area contributed by atoms with Crippen LogP contribution in [0.4, 0.5) is 5.82 Å². The minimum Gasteiger partial charge on any atom is -0.378 e. The van der Waals surface area contributed by atoms with E-state index in [1.54, 1.807) is 0 Å². The van der Waals surface area contributed by atoms with Gasteiger partial charge in [-0.15, -0.1) is 11.3 Å². The number of ether oxygens (including phenoxy) is 1. The SMILES string of the molecule is Cc1nn(Cc2ccc(Cl)cc2)c2sc(C(=O)NCc3ccc(N4CCOCC4)nc3)cc12. The van der Waals surface area contributed by atoms with Crippen LogP contribution in [-0.4, -0.2) is 47.0 Å². The summed E-state index contributed by atoms with van der Waals surface area (Å²) < 4.78 is 7.34. The summed E-state index contributed by atoms with van der Waals surface area (Å²) in [5.74, 6) is 0.851. The lowest BCUT2D eigenvalue weighted by Crippen LogP contribution is -2.36. The van der Waals surface area contributed by atoms with Crippen molar-refractivity contribution < 1.29 is 9.53 Å². The van der Waals surface area contributed by atoms with E-state index < -0.39 is 0 Å². The molecule has 5 rings (SSSR count). The zero-order valence-corrected chi connectivity index (χ0v) is 19.8. The highest BCUT2D eigenvalue weighted by molar-refractivity contribution is 7.20. The Morgan fingerprint density at radius 3 is 2.64 bits per heavy atom. The van der Waals surface area contributed by atoms with Crippen LogP contribution in [-0.2, 0) is 17.8 Å². The molecule has 0 atom stereocenters. The number of anilines is 1. The minimum absolute atomic E-state index is 0.0918. The van der Waals surface area contributed by atoms with E-state index in [1.807, 2.05) is 60.3 Å². The second-order valence-corrected chi connectivity index (χ2v) is 9.47.